The second kappa shape index (κ2) is 5.58. The molecule has 3 nitrogen and oxygen atoms in total. The molecule has 0 N–H and O–H groups in total. The Morgan fingerprint density at radius 2 is 1.75 bits per heavy atom. The van der Waals surface area contributed by atoms with E-state index >= 15 is 0 Å². The van der Waals surface area contributed by atoms with Gasteiger partial charge in [0.1, 0.15) is 0 Å². The zero-order chi connectivity index (χ0) is 14.7. The Morgan fingerprint density at radius 1 is 1.10 bits per heavy atom. The van der Waals surface area contributed by atoms with E-state index in [1.807, 2.05) is 32.0 Å². The molecule has 0 bridgehead atoms. The maximum absolute atomic E-state index is 12.5. The van der Waals surface area contributed by atoms with Gasteiger partial charge in [0.25, 0.3) is 5.91 Å². The van der Waals surface area contributed by atoms with Crippen molar-refractivity contribution in [2.45, 2.75) is 13.8 Å². The summed E-state index contributed by atoms with van der Waals surface area (Å²) in [5.74, 6) is -0.0455. The highest BCUT2D eigenvalue weighted by atomic mass is 16.2. The highest BCUT2D eigenvalue weighted by Gasteiger charge is 2.16. The molecular weight excluding hydrogens is 248 g/mol. The van der Waals surface area contributed by atoms with Gasteiger partial charge in [-0.05, 0) is 55.3 Å². The number of aryl methyl sites for hydroxylation is 1. The Balaban J connectivity index is 2.32. The molecule has 0 saturated carbocycles. The van der Waals surface area contributed by atoms with Gasteiger partial charge < -0.3 is 4.90 Å². The van der Waals surface area contributed by atoms with Gasteiger partial charge in [0.2, 0.25) is 0 Å². The number of hydrogen-bond donors (Lipinski definition) is 0. The SMILES string of the molecule is Cc1cccc(C(=O)N(C)c2ccc(C#N)cc2)c1C. The van der Waals surface area contributed by atoms with Gasteiger partial charge in [-0.2, -0.15) is 5.26 Å². The van der Waals surface area contributed by atoms with Gasteiger partial charge in [-0.25, -0.2) is 0 Å². The van der Waals surface area contributed by atoms with Crippen molar-refractivity contribution in [2.75, 3.05) is 11.9 Å². The number of hydrogen-bond acceptors (Lipinski definition) is 2. The van der Waals surface area contributed by atoms with Crippen LogP contribution in [0.2, 0.25) is 0 Å². The average Bonchev–Trinajstić information content (AvgIpc) is 2.48. The third kappa shape index (κ3) is 2.55. The molecule has 0 heterocycles. The number of carbonyl (C=O) groups is 1. The van der Waals surface area contributed by atoms with Gasteiger partial charge in [0.05, 0.1) is 11.6 Å². The zero-order valence-electron chi connectivity index (χ0n) is 11.8. The molecule has 0 saturated heterocycles. The number of benzene rings is 2. The summed E-state index contributed by atoms with van der Waals surface area (Å²) in [6.07, 6.45) is 0. The predicted octanol–water partition coefficient (Wildman–Crippen LogP) is 3.45. The molecule has 20 heavy (non-hydrogen) atoms. The van der Waals surface area contributed by atoms with Gasteiger partial charge in [0, 0.05) is 18.3 Å². The zero-order valence-corrected chi connectivity index (χ0v) is 11.8. The molecular formula is C17H16N2O. The number of amides is 1. The van der Waals surface area contributed by atoms with Crippen molar-refractivity contribution in [3.8, 4) is 6.07 Å². The quantitative estimate of drug-likeness (QED) is 0.833. The summed E-state index contributed by atoms with van der Waals surface area (Å²) in [7, 11) is 1.74. The maximum atomic E-state index is 12.5. The number of rotatable bonds is 2. The molecule has 100 valence electrons. The summed E-state index contributed by atoms with van der Waals surface area (Å²) >= 11 is 0. The fourth-order valence-electron chi connectivity index (χ4n) is 2.04. The minimum atomic E-state index is -0.0455. The van der Waals surface area contributed by atoms with Crippen molar-refractivity contribution < 1.29 is 4.79 Å². The summed E-state index contributed by atoms with van der Waals surface area (Å²) < 4.78 is 0. The van der Waals surface area contributed by atoms with E-state index in [1.54, 1.807) is 36.2 Å². The van der Waals surface area contributed by atoms with Gasteiger partial charge in [-0.15, -0.1) is 0 Å². The molecule has 0 radical (unpaired) electrons. The first kappa shape index (κ1) is 13.8. The van der Waals surface area contributed by atoms with Crippen molar-refractivity contribution in [2.24, 2.45) is 0 Å². The van der Waals surface area contributed by atoms with Crippen LogP contribution in [0.1, 0.15) is 27.0 Å². The van der Waals surface area contributed by atoms with Gasteiger partial charge in [-0.1, -0.05) is 12.1 Å². The van der Waals surface area contributed by atoms with E-state index in [2.05, 4.69) is 6.07 Å². The van der Waals surface area contributed by atoms with Crippen LogP contribution in [0.5, 0.6) is 0 Å². The molecule has 3 heteroatoms. The van der Waals surface area contributed by atoms with Crippen molar-refractivity contribution in [1.82, 2.24) is 0 Å². The van der Waals surface area contributed by atoms with Crippen LogP contribution in [0, 0.1) is 25.2 Å². The lowest BCUT2D eigenvalue weighted by molar-refractivity contribution is 0.0992. The average molecular weight is 264 g/mol. The molecule has 2 aromatic rings. The Bertz CT molecular complexity index is 681. The van der Waals surface area contributed by atoms with Crippen molar-refractivity contribution in [3.63, 3.8) is 0 Å². The molecule has 0 unspecified atom stereocenters. The summed E-state index contributed by atoms with van der Waals surface area (Å²) in [5, 5.41) is 8.79. The molecule has 2 rings (SSSR count). The Morgan fingerprint density at radius 3 is 2.35 bits per heavy atom. The van der Waals surface area contributed by atoms with Crippen LogP contribution in [-0.4, -0.2) is 13.0 Å². The molecule has 0 aliphatic carbocycles. The number of nitrogens with zero attached hydrogens (tertiary/aromatic N) is 2. The van der Waals surface area contributed by atoms with E-state index in [0.717, 1.165) is 16.8 Å². The van der Waals surface area contributed by atoms with Gasteiger partial charge >= 0.3 is 0 Å². The van der Waals surface area contributed by atoms with Gasteiger partial charge in [-0.3, -0.25) is 4.79 Å². The van der Waals surface area contributed by atoms with Crippen LogP contribution in [0.4, 0.5) is 5.69 Å². The Kier molecular flexibility index (Phi) is 3.86. The topological polar surface area (TPSA) is 44.1 Å². The predicted molar refractivity (Wildman–Crippen MR) is 79.8 cm³/mol. The monoisotopic (exact) mass is 264 g/mol. The number of anilines is 1. The lowest BCUT2D eigenvalue weighted by atomic mass is 10.0. The second-order valence-electron chi connectivity index (χ2n) is 4.77. The minimum Gasteiger partial charge on any atom is -0.311 e. The van der Waals surface area contributed by atoms with E-state index in [9.17, 15) is 4.79 Å². The van der Waals surface area contributed by atoms with E-state index in [-0.39, 0.29) is 5.91 Å². The van der Waals surface area contributed by atoms with E-state index in [4.69, 9.17) is 5.26 Å². The first-order valence-electron chi connectivity index (χ1n) is 6.39. The smallest absolute Gasteiger partial charge is 0.258 e. The van der Waals surface area contributed by atoms with Crippen molar-refractivity contribution in [1.29, 1.82) is 5.26 Å². The lowest BCUT2D eigenvalue weighted by Crippen LogP contribution is -2.27. The molecule has 0 aromatic heterocycles. The summed E-state index contributed by atoms with van der Waals surface area (Å²) in [4.78, 5) is 14.1. The third-order valence-corrected chi connectivity index (χ3v) is 3.52. The summed E-state index contributed by atoms with van der Waals surface area (Å²) in [6, 6.07) is 14.8. The summed E-state index contributed by atoms with van der Waals surface area (Å²) in [5.41, 5.74) is 4.16. The van der Waals surface area contributed by atoms with Crippen molar-refractivity contribution in [3.05, 3.63) is 64.7 Å². The first-order chi connectivity index (χ1) is 9.54. The standard InChI is InChI=1S/C17H16N2O/c1-12-5-4-6-16(13(12)2)17(20)19(3)15-9-7-14(11-18)8-10-15/h4-10H,1-3H3. The molecule has 0 spiro atoms. The van der Waals surface area contributed by atoms with Crippen LogP contribution in [0.3, 0.4) is 0 Å². The second-order valence-corrected chi connectivity index (χ2v) is 4.77. The molecule has 1 amide bonds. The first-order valence-corrected chi connectivity index (χ1v) is 6.39. The maximum Gasteiger partial charge on any atom is 0.258 e. The van der Waals surface area contributed by atoms with Crippen LogP contribution >= 0.6 is 0 Å². The molecule has 0 aliphatic heterocycles. The molecule has 0 atom stereocenters. The minimum absolute atomic E-state index is 0.0455. The fraction of sp³-hybridized carbons (Fsp3) is 0.176. The highest BCUT2D eigenvalue weighted by molar-refractivity contribution is 6.06. The third-order valence-electron chi connectivity index (χ3n) is 3.52. The van der Waals surface area contributed by atoms with Gasteiger partial charge in [0.15, 0.2) is 0 Å². The van der Waals surface area contributed by atoms with Crippen molar-refractivity contribution >= 4 is 11.6 Å². The highest BCUT2D eigenvalue weighted by Crippen LogP contribution is 2.19. The van der Waals surface area contributed by atoms with Crippen LogP contribution < -0.4 is 4.90 Å². The van der Waals surface area contributed by atoms with Crippen LogP contribution in [0.25, 0.3) is 0 Å². The molecule has 2 aromatic carbocycles. The van der Waals surface area contributed by atoms with Crippen LogP contribution in [-0.2, 0) is 0 Å². The molecule has 0 fully saturated rings. The Labute approximate surface area is 119 Å². The lowest BCUT2D eigenvalue weighted by Gasteiger charge is -2.19. The number of carbonyl (C=O) groups excluding carboxylic acids is 1. The largest absolute Gasteiger partial charge is 0.311 e. The Hall–Kier alpha value is -2.60. The number of nitriles is 1. The molecule has 0 aliphatic rings. The normalized spacial score (nSPS) is 9.90. The van der Waals surface area contributed by atoms with E-state index in [1.165, 1.54) is 0 Å². The van der Waals surface area contributed by atoms with E-state index < -0.39 is 0 Å². The fourth-order valence-corrected chi connectivity index (χ4v) is 2.04. The van der Waals surface area contributed by atoms with Crippen LogP contribution in [0.15, 0.2) is 42.5 Å². The van der Waals surface area contributed by atoms with E-state index in [0.29, 0.717) is 11.1 Å². The summed E-state index contributed by atoms with van der Waals surface area (Å²) in [6.45, 7) is 3.95.